The van der Waals surface area contributed by atoms with Gasteiger partial charge in [0.2, 0.25) is 0 Å². The normalized spacial score (nSPS) is 21.4. The van der Waals surface area contributed by atoms with Crippen molar-refractivity contribution >= 4 is 32.4 Å². The van der Waals surface area contributed by atoms with Crippen molar-refractivity contribution in [2.75, 3.05) is 13.1 Å². The van der Waals surface area contributed by atoms with Crippen LogP contribution in [0.2, 0.25) is 0 Å². The van der Waals surface area contributed by atoms with Gasteiger partial charge in [0.05, 0.1) is 0 Å². The maximum absolute atomic E-state index is 4.44. The molecule has 6 heteroatoms. The first-order valence-corrected chi connectivity index (χ1v) is 6.38. The molecule has 3 rings (SSSR count). The summed E-state index contributed by atoms with van der Waals surface area (Å²) in [7, 11) is 0. The van der Waals surface area contributed by atoms with E-state index >= 15 is 0 Å². The number of hydrogen-bond acceptors (Lipinski definition) is 4. The van der Waals surface area contributed by atoms with Gasteiger partial charge in [-0.25, -0.2) is 0 Å². The van der Waals surface area contributed by atoms with Crippen LogP contribution in [0.5, 0.6) is 0 Å². The summed E-state index contributed by atoms with van der Waals surface area (Å²) in [5.74, 6) is 0. The third kappa shape index (κ3) is 1.64. The molecule has 2 aromatic rings. The van der Waals surface area contributed by atoms with Crippen molar-refractivity contribution in [1.82, 2.24) is 25.1 Å². The molecule has 1 saturated heterocycles. The first kappa shape index (κ1) is 10.2. The minimum absolute atomic E-state index is 0.424. The fourth-order valence-corrected chi connectivity index (χ4v) is 2.60. The molecule has 1 N–H and O–H groups in total. The zero-order chi connectivity index (χ0) is 11.0. The number of fused-ring (bicyclic) bond motifs is 1. The van der Waals surface area contributed by atoms with Gasteiger partial charge in [0.25, 0.3) is 0 Å². The monoisotopic (exact) mass is 277 g/mol. The number of piperidine rings is 1. The zero-order valence-corrected chi connectivity index (χ0v) is 10.7. The number of nitrogens with zero attached hydrogens (tertiary/aromatic N) is 4. The molecule has 3 heterocycles. The Morgan fingerprint density at radius 2 is 2.38 bits per heavy atom. The van der Waals surface area contributed by atoms with E-state index in [-0.39, 0.29) is 0 Å². The van der Waals surface area contributed by atoms with Crippen LogP contribution >= 0.6 is 0 Å². The quantitative estimate of drug-likeness (QED) is 0.717. The van der Waals surface area contributed by atoms with E-state index in [4.69, 9.17) is 0 Å². The van der Waals surface area contributed by atoms with Crippen molar-refractivity contribution in [2.45, 2.75) is 18.9 Å². The molecule has 2 radical (unpaired) electrons. The molecule has 2 aromatic heterocycles. The van der Waals surface area contributed by atoms with Crippen LogP contribution in [0.1, 0.15) is 18.9 Å². The molecule has 1 aliphatic heterocycles. The third-order valence-corrected chi connectivity index (χ3v) is 3.73. The van der Waals surface area contributed by atoms with Crippen LogP contribution in [-0.2, 0) is 0 Å². The summed E-state index contributed by atoms with van der Waals surface area (Å²) in [6, 6.07) is 0.424. The Balaban J connectivity index is 2.06. The second kappa shape index (κ2) is 4.15. The van der Waals surface area contributed by atoms with Gasteiger partial charge in [-0.2, -0.15) is 0 Å². The van der Waals surface area contributed by atoms with Gasteiger partial charge in [-0.15, -0.1) is 0 Å². The van der Waals surface area contributed by atoms with Gasteiger partial charge < -0.3 is 0 Å². The van der Waals surface area contributed by atoms with Crippen LogP contribution in [0.15, 0.2) is 12.5 Å². The maximum atomic E-state index is 4.44. The van der Waals surface area contributed by atoms with Gasteiger partial charge in [0.1, 0.15) is 0 Å². The van der Waals surface area contributed by atoms with E-state index in [9.17, 15) is 0 Å². The fraction of sp³-hybridized carbons (Fsp3) is 0.500. The SMILES string of the molecule is [As]c1ncnc2c1cnn2[C@@H]1CCCNC1. The van der Waals surface area contributed by atoms with E-state index < -0.39 is 0 Å². The Morgan fingerprint density at radius 1 is 1.44 bits per heavy atom. The Morgan fingerprint density at radius 3 is 3.19 bits per heavy atom. The van der Waals surface area contributed by atoms with Crippen molar-refractivity contribution in [3.05, 3.63) is 12.5 Å². The Kier molecular flexibility index (Phi) is 2.65. The van der Waals surface area contributed by atoms with Crippen molar-refractivity contribution < 1.29 is 0 Å². The molecule has 0 bridgehead atoms. The number of hydrogen-bond donors (Lipinski definition) is 1. The minimum atomic E-state index is 0.424. The summed E-state index contributed by atoms with van der Waals surface area (Å²) in [6.07, 6.45) is 5.83. The van der Waals surface area contributed by atoms with Crippen LogP contribution in [0, 0.1) is 0 Å². The van der Waals surface area contributed by atoms with E-state index in [2.05, 4.69) is 37.2 Å². The number of rotatable bonds is 1. The van der Waals surface area contributed by atoms with Crippen LogP contribution < -0.4 is 9.80 Å². The van der Waals surface area contributed by atoms with Gasteiger partial charge in [0.15, 0.2) is 0 Å². The van der Waals surface area contributed by atoms with E-state index in [0.29, 0.717) is 6.04 Å². The zero-order valence-electron chi connectivity index (χ0n) is 8.80. The first-order valence-electron chi connectivity index (χ1n) is 5.44. The molecule has 1 fully saturated rings. The molecule has 1 atom stereocenters. The van der Waals surface area contributed by atoms with Crippen LogP contribution in [0.4, 0.5) is 0 Å². The fourth-order valence-electron chi connectivity index (χ4n) is 2.16. The van der Waals surface area contributed by atoms with Crippen molar-refractivity contribution in [2.24, 2.45) is 0 Å². The molecule has 0 unspecified atom stereocenters. The van der Waals surface area contributed by atoms with Crippen LogP contribution in [-0.4, -0.2) is 49.7 Å². The molecule has 0 aromatic carbocycles. The summed E-state index contributed by atoms with van der Waals surface area (Å²) in [6.45, 7) is 2.09. The molecular formula is C10H12AsN5. The van der Waals surface area contributed by atoms with Crippen molar-refractivity contribution in [3.63, 3.8) is 0 Å². The van der Waals surface area contributed by atoms with Gasteiger partial charge in [-0.1, -0.05) is 0 Å². The first-order chi connectivity index (χ1) is 7.86. The third-order valence-electron chi connectivity index (χ3n) is 2.99. The molecule has 0 saturated carbocycles. The van der Waals surface area contributed by atoms with Gasteiger partial charge in [-0.3, -0.25) is 0 Å². The number of aromatic nitrogens is 4. The Hall–Kier alpha value is -0.932. The van der Waals surface area contributed by atoms with Crippen LogP contribution in [0.3, 0.4) is 0 Å². The second-order valence-corrected chi connectivity index (χ2v) is 4.91. The molecule has 0 aliphatic carbocycles. The number of nitrogens with one attached hydrogen (secondary N) is 1. The summed E-state index contributed by atoms with van der Waals surface area (Å²) < 4.78 is 2.97. The van der Waals surface area contributed by atoms with Crippen molar-refractivity contribution in [3.8, 4) is 0 Å². The molecule has 82 valence electrons. The van der Waals surface area contributed by atoms with Gasteiger partial charge >= 0.3 is 102 Å². The molecule has 16 heavy (non-hydrogen) atoms. The predicted molar refractivity (Wildman–Crippen MR) is 61.9 cm³/mol. The van der Waals surface area contributed by atoms with E-state index in [0.717, 1.165) is 28.6 Å². The average Bonchev–Trinajstić information content (AvgIpc) is 2.75. The van der Waals surface area contributed by atoms with E-state index in [1.165, 1.54) is 12.8 Å². The van der Waals surface area contributed by atoms with Gasteiger partial charge in [-0.05, 0) is 0 Å². The van der Waals surface area contributed by atoms with Gasteiger partial charge in [0, 0.05) is 0 Å². The van der Waals surface area contributed by atoms with Crippen LogP contribution in [0.25, 0.3) is 11.0 Å². The summed E-state index contributed by atoms with van der Waals surface area (Å²) in [5, 5.41) is 8.87. The molecule has 0 spiro atoms. The summed E-state index contributed by atoms with van der Waals surface area (Å²) in [5.41, 5.74) is 0.944. The molecule has 0 amide bonds. The standard InChI is InChI=1S/C10H12AsN5/c11-9-8-5-15-16(10(8)14-6-13-9)7-2-1-3-12-4-7/h5-7,12H,1-4H2/t7-/m1/s1. The van der Waals surface area contributed by atoms with E-state index in [1.807, 2.05) is 10.9 Å². The topological polar surface area (TPSA) is 55.6 Å². The Bertz CT molecular complexity index is 503. The summed E-state index contributed by atoms with van der Waals surface area (Å²) in [4.78, 5) is 8.49. The average molecular weight is 277 g/mol. The van der Waals surface area contributed by atoms with E-state index in [1.54, 1.807) is 6.33 Å². The molecule has 5 nitrogen and oxygen atoms in total. The Labute approximate surface area is 102 Å². The second-order valence-electron chi connectivity index (χ2n) is 4.02. The summed E-state index contributed by atoms with van der Waals surface area (Å²) >= 11 is 2.47. The van der Waals surface area contributed by atoms with Crippen molar-refractivity contribution in [1.29, 1.82) is 0 Å². The molecule has 1 aliphatic rings. The molecular weight excluding hydrogens is 265 g/mol. The predicted octanol–water partition coefficient (Wildman–Crippen LogP) is -0.455.